The molecule has 5 rings (SSSR count). The molecule has 2 aromatic heterocycles. The van der Waals surface area contributed by atoms with Gasteiger partial charge in [0.2, 0.25) is 5.28 Å². The van der Waals surface area contributed by atoms with Gasteiger partial charge in [-0.25, -0.2) is 4.98 Å². The summed E-state index contributed by atoms with van der Waals surface area (Å²) in [4.78, 5) is 15.0. The van der Waals surface area contributed by atoms with Crippen LogP contribution >= 0.6 is 22.9 Å². The predicted octanol–water partition coefficient (Wildman–Crippen LogP) is 6.41. The van der Waals surface area contributed by atoms with Crippen LogP contribution in [-0.4, -0.2) is 47.6 Å². The number of hydrogen-bond donors (Lipinski definition) is 0. The number of rotatable bonds is 6. The van der Waals surface area contributed by atoms with Gasteiger partial charge in [-0.3, -0.25) is 4.90 Å². The topological polar surface area (TPSA) is 32.3 Å². The fraction of sp³-hybridized carbons (Fsp3) is 0.259. The van der Waals surface area contributed by atoms with Gasteiger partial charge in [0.15, 0.2) is 0 Å². The van der Waals surface area contributed by atoms with Gasteiger partial charge in [-0.1, -0.05) is 73.7 Å². The maximum atomic E-state index is 6.33. The molecule has 0 amide bonds. The number of piperazine rings is 1. The number of hydrogen-bond acceptors (Lipinski definition) is 5. The second-order valence-electron chi connectivity index (χ2n) is 8.30. The maximum absolute atomic E-state index is 6.33. The molecular formula is C27H27ClN4S. The molecule has 0 spiro atoms. The Hall–Kier alpha value is -2.73. The average Bonchev–Trinajstić information content (AvgIpc) is 3.28. The van der Waals surface area contributed by atoms with E-state index in [0.29, 0.717) is 5.28 Å². The molecule has 4 aromatic rings. The van der Waals surface area contributed by atoms with Crippen molar-refractivity contribution in [2.45, 2.75) is 13.3 Å². The third kappa shape index (κ3) is 4.96. The fourth-order valence-electron chi connectivity index (χ4n) is 4.30. The van der Waals surface area contributed by atoms with Crippen molar-refractivity contribution in [3.8, 4) is 11.1 Å². The van der Waals surface area contributed by atoms with Crippen LogP contribution < -0.4 is 4.90 Å². The first-order valence-electron chi connectivity index (χ1n) is 11.4. The fourth-order valence-corrected chi connectivity index (χ4v) is 5.46. The number of aryl methyl sites for hydroxylation is 1. The zero-order chi connectivity index (χ0) is 22.6. The molecule has 0 bridgehead atoms. The molecule has 3 heterocycles. The van der Waals surface area contributed by atoms with E-state index in [0.717, 1.165) is 55.2 Å². The Bertz CT molecular complexity index is 1240. The third-order valence-electron chi connectivity index (χ3n) is 6.21. The number of nitrogens with zero attached hydrogens (tertiary/aromatic N) is 4. The highest BCUT2D eigenvalue weighted by atomic mass is 35.5. The molecule has 0 radical (unpaired) electrons. The number of fused-ring (bicyclic) bond motifs is 1. The highest BCUT2D eigenvalue weighted by Gasteiger charge is 2.23. The maximum Gasteiger partial charge on any atom is 0.225 e. The largest absolute Gasteiger partial charge is 0.353 e. The molecule has 168 valence electrons. The van der Waals surface area contributed by atoms with E-state index < -0.39 is 0 Å². The summed E-state index contributed by atoms with van der Waals surface area (Å²) in [7, 11) is 0. The van der Waals surface area contributed by atoms with Crippen molar-refractivity contribution < 1.29 is 0 Å². The van der Waals surface area contributed by atoms with Gasteiger partial charge in [0.1, 0.15) is 10.6 Å². The quantitative estimate of drug-likeness (QED) is 0.302. The first-order chi connectivity index (χ1) is 16.2. The second kappa shape index (κ2) is 10.0. The van der Waals surface area contributed by atoms with Crippen LogP contribution in [0.15, 0.2) is 66.1 Å². The van der Waals surface area contributed by atoms with E-state index in [1.807, 2.05) is 6.07 Å². The lowest BCUT2D eigenvalue weighted by molar-refractivity contribution is 0.284. The highest BCUT2D eigenvalue weighted by Crippen LogP contribution is 2.39. The normalized spacial score (nSPS) is 15.0. The first kappa shape index (κ1) is 22.1. The van der Waals surface area contributed by atoms with Crippen LogP contribution in [0, 0.1) is 0 Å². The summed E-state index contributed by atoms with van der Waals surface area (Å²) in [6, 6.07) is 19.3. The third-order valence-corrected chi connectivity index (χ3v) is 7.25. The van der Waals surface area contributed by atoms with Crippen LogP contribution in [0.4, 0.5) is 5.82 Å². The van der Waals surface area contributed by atoms with E-state index in [9.17, 15) is 0 Å². The molecular weight excluding hydrogens is 448 g/mol. The first-order valence-corrected chi connectivity index (χ1v) is 12.7. The summed E-state index contributed by atoms with van der Waals surface area (Å²) >= 11 is 7.97. The number of halogens is 1. The minimum atomic E-state index is 0.320. The Morgan fingerprint density at radius 3 is 2.45 bits per heavy atom. The Balaban J connectivity index is 1.34. The lowest BCUT2D eigenvalue weighted by Crippen LogP contribution is -2.46. The summed E-state index contributed by atoms with van der Waals surface area (Å²) in [6.07, 6.45) is 5.49. The summed E-state index contributed by atoms with van der Waals surface area (Å²) in [5, 5.41) is 3.62. The van der Waals surface area contributed by atoms with Crippen molar-refractivity contribution in [3.63, 3.8) is 0 Å². The second-order valence-corrected chi connectivity index (χ2v) is 9.49. The molecule has 0 saturated carbocycles. The van der Waals surface area contributed by atoms with E-state index in [-0.39, 0.29) is 0 Å². The minimum absolute atomic E-state index is 0.320. The summed E-state index contributed by atoms with van der Waals surface area (Å²) in [6.45, 7) is 6.97. The molecule has 0 atom stereocenters. The van der Waals surface area contributed by atoms with Crippen LogP contribution in [0.1, 0.15) is 18.1 Å². The molecule has 4 nitrogen and oxygen atoms in total. The van der Waals surface area contributed by atoms with E-state index >= 15 is 0 Å². The average molecular weight is 475 g/mol. The summed E-state index contributed by atoms with van der Waals surface area (Å²) in [5.74, 6) is 0.959. The number of benzene rings is 2. The van der Waals surface area contributed by atoms with E-state index in [1.165, 1.54) is 22.3 Å². The van der Waals surface area contributed by atoms with Crippen LogP contribution in [0.25, 0.3) is 27.4 Å². The predicted molar refractivity (Wildman–Crippen MR) is 141 cm³/mol. The van der Waals surface area contributed by atoms with Crippen LogP contribution in [0.3, 0.4) is 0 Å². The van der Waals surface area contributed by atoms with Gasteiger partial charge in [0.25, 0.3) is 0 Å². The Morgan fingerprint density at radius 1 is 0.970 bits per heavy atom. The van der Waals surface area contributed by atoms with Gasteiger partial charge in [0, 0.05) is 43.7 Å². The van der Waals surface area contributed by atoms with Crippen LogP contribution in [0.2, 0.25) is 5.28 Å². The van der Waals surface area contributed by atoms with Gasteiger partial charge < -0.3 is 4.90 Å². The summed E-state index contributed by atoms with van der Waals surface area (Å²) < 4.78 is 0. The molecule has 0 aliphatic carbocycles. The molecule has 6 heteroatoms. The van der Waals surface area contributed by atoms with E-state index in [1.54, 1.807) is 11.3 Å². The van der Waals surface area contributed by atoms with Crippen molar-refractivity contribution >= 4 is 45.0 Å². The van der Waals surface area contributed by atoms with Gasteiger partial charge in [-0.05, 0) is 34.7 Å². The molecule has 2 aromatic carbocycles. The molecule has 1 aliphatic rings. The Labute approximate surface area is 204 Å². The van der Waals surface area contributed by atoms with Crippen molar-refractivity contribution in [2.75, 3.05) is 37.6 Å². The lowest BCUT2D eigenvalue weighted by Gasteiger charge is -2.35. The molecule has 33 heavy (non-hydrogen) atoms. The molecule has 1 aliphatic heterocycles. The van der Waals surface area contributed by atoms with Crippen molar-refractivity contribution in [3.05, 3.63) is 82.5 Å². The van der Waals surface area contributed by atoms with Crippen molar-refractivity contribution in [1.82, 2.24) is 14.9 Å². The lowest BCUT2D eigenvalue weighted by atomic mass is 10.0. The molecule has 1 saturated heterocycles. The smallest absolute Gasteiger partial charge is 0.225 e. The van der Waals surface area contributed by atoms with Gasteiger partial charge in [-0.2, -0.15) is 4.98 Å². The number of anilines is 1. The standard InChI is InChI=1S/C27H27ClN4S/c1-2-20-10-12-22(13-11-20)23-19-33-26-24(23)25(29-27(28)30-26)32-17-15-31(16-18-32)14-6-9-21-7-4-3-5-8-21/h3-13,19H,2,14-18H2,1H3/b9-6+. The van der Waals surface area contributed by atoms with E-state index in [4.69, 9.17) is 16.6 Å². The zero-order valence-electron chi connectivity index (χ0n) is 18.7. The SMILES string of the molecule is CCc1ccc(-c2csc3nc(Cl)nc(N4CCN(C/C=C/c5ccccc5)CC4)c23)cc1. The minimum Gasteiger partial charge on any atom is -0.353 e. The Morgan fingerprint density at radius 2 is 1.73 bits per heavy atom. The van der Waals surface area contributed by atoms with E-state index in [2.05, 4.69) is 87.8 Å². The zero-order valence-corrected chi connectivity index (χ0v) is 20.3. The molecule has 0 N–H and O–H groups in total. The van der Waals surface area contributed by atoms with Crippen LogP contribution in [0.5, 0.6) is 0 Å². The van der Waals surface area contributed by atoms with Gasteiger partial charge in [0.05, 0.1) is 5.39 Å². The Kier molecular flexibility index (Phi) is 6.72. The van der Waals surface area contributed by atoms with Gasteiger partial charge in [-0.15, -0.1) is 11.3 Å². The highest BCUT2D eigenvalue weighted by molar-refractivity contribution is 7.17. The number of aromatic nitrogens is 2. The summed E-state index contributed by atoms with van der Waals surface area (Å²) in [5.41, 5.74) is 4.98. The number of thiophene rings is 1. The van der Waals surface area contributed by atoms with Crippen molar-refractivity contribution in [2.24, 2.45) is 0 Å². The van der Waals surface area contributed by atoms with Crippen LogP contribution in [-0.2, 0) is 6.42 Å². The van der Waals surface area contributed by atoms with Crippen molar-refractivity contribution in [1.29, 1.82) is 0 Å². The van der Waals surface area contributed by atoms with Gasteiger partial charge >= 0.3 is 0 Å². The molecule has 0 unspecified atom stereocenters. The molecule has 1 fully saturated rings. The monoisotopic (exact) mass is 474 g/mol.